The van der Waals surface area contributed by atoms with Gasteiger partial charge in [-0.2, -0.15) is 0 Å². The summed E-state index contributed by atoms with van der Waals surface area (Å²) in [6, 6.07) is 16.0. The van der Waals surface area contributed by atoms with Crippen LogP contribution in [0.3, 0.4) is 0 Å². The maximum Gasteiger partial charge on any atom is 0.261 e. The lowest BCUT2D eigenvalue weighted by molar-refractivity contribution is 0.0600. The van der Waals surface area contributed by atoms with E-state index in [4.69, 9.17) is 0 Å². The van der Waals surface area contributed by atoms with Crippen LogP contribution >= 0.6 is 0 Å². The second-order valence-corrected chi connectivity index (χ2v) is 8.29. The van der Waals surface area contributed by atoms with Gasteiger partial charge in [0.2, 0.25) is 0 Å². The average Bonchev–Trinajstić information content (AvgIpc) is 2.78. The molecule has 152 valence electrons. The molecule has 2 heterocycles. The molecule has 0 spiro atoms. The zero-order valence-corrected chi connectivity index (χ0v) is 16.9. The van der Waals surface area contributed by atoms with E-state index in [1.165, 1.54) is 0 Å². The van der Waals surface area contributed by atoms with Crippen molar-refractivity contribution < 1.29 is 5.11 Å². The van der Waals surface area contributed by atoms with Gasteiger partial charge in [0.1, 0.15) is 0 Å². The Morgan fingerprint density at radius 3 is 2.57 bits per heavy atom. The lowest BCUT2D eigenvalue weighted by Crippen LogP contribution is -2.32. The highest BCUT2D eigenvalue weighted by molar-refractivity contribution is 6.06. The maximum absolute atomic E-state index is 13.4. The zero-order chi connectivity index (χ0) is 20.5. The minimum Gasteiger partial charge on any atom is -0.393 e. The van der Waals surface area contributed by atoms with E-state index < -0.39 is 0 Å². The summed E-state index contributed by atoms with van der Waals surface area (Å²) in [5, 5.41) is 13.1. The second kappa shape index (κ2) is 8.00. The van der Waals surface area contributed by atoms with Gasteiger partial charge in [0.15, 0.2) is 0 Å². The standard InChI is InChI=1S/C25H25N3O2/c29-23-11-4-1-7-17(23)15-28-16-27-24-21-10-3-2-9-20(21)18(14-22(24)25(28)30)13-19-8-5-6-12-26-19/h2-3,5-6,8-10,12,14,16-17,23,29H,1,4,7,11,13,15H2/t17-,23+/m1/s1. The number of aliphatic hydroxyl groups is 1. The van der Waals surface area contributed by atoms with Gasteiger partial charge in [0.05, 0.1) is 23.3 Å². The number of nitrogens with zero attached hydrogens (tertiary/aromatic N) is 3. The summed E-state index contributed by atoms with van der Waals surface area (Å²) >= 11 is 0. The van der Waals surface area contributed by atoms with Crippen molar-refractivity contribution in [2.45, 2.75) is 44.8 Å². The summed E-state index contributed by atoms with van der Waals surface area (Å²) in [4.78, 5) is 22.5. The monoisotopic (exact) mass is 399 g/mol. The molecule has 1 aliphatic carbocycles. The Hall–Kier alpha value is -3.05. The van der Waals surface area contributed by atoms with Gasteiger partial charge in [-0.1, -0.05) is 43.2 Å². The van der Waals surface area contributed by atoms with Crippen LogP contribution in [-0.4, -0.2) is 25.7 Å². The Bertz CT molecular complexity index is 1250. The molecule has 2 atom stereocenters. The minimum atomic E-state index is -0.335. The van der Waals surface area contributed by atoms with Gasteiger partial charge in [0.25, 0.3) is 5.56 Å². The predicted octanol–water partition coefficient (Wildman–Crippen LogP) is 4.09. The van der Waals surface area contributed by atoms with Crippen molar-refractivity contribution in [1.82, 2.24) is 14.5 Å². The van der Waals surface area contributed by atoms with Crippen molar-refractivity contribution in [2.75, 3.05) is 0 Å². The molecular weight excluding hydrogens is 374 g/mol. The van der Waals surface area contributed by atoms with E-state index in [0.717, 1.165) is 53.2 Å². The smallest absolute Gasteiger partial charge is 0.261 e. The fourth-order valence-electron chi connectivity index (χ4n) is 4.70. The number of aromatic nitrogens is 3. The van der Waals surface area contributed by atoms with E-state index in [9.17, 15) is 9.90 Å². The first-order valence-electron chi connectivity index (χ1n) is 10.7. The Balaban J connectivity index is 1.63. The van der Waals surface area contributed by atoms with Crippen molar-refractivity contribution in [3.8, 4) is 0 Å². The van der Waals surface area contributed by atoms with Gasteiger partial charge < -0.3 is 5.11 Å². The van der Waals surface area contributed by atoms with Crippen LogP contribution in [0.25, 0.3) is 21.7 Å². The fourth-order valence-corrected chi connectivity index (χ4v) is 4.70. The molecule has 1 N–H and O–H groups in total. The SMILES string of the molecule is O=c1c2cc(Cc3ccccn3)c3ccccc3c2ncn1C[C@H]1CCCC[C@@H]1O. The highest BCUT2D eigenvalue weighted by atomic mass is 16.3. The first-order chi connectivity index (χ1) is 14.7. The molecule has 0 radical (unpaired) electrons. The van der Waals surface area contributed by atoms with Crippen LogP contribution in [0.5, 0.6) is 0 Å². The number of hydrogen-bond acceptors (Lipinski definition) is 4. The van der Waals surface area contributed by atoms with Crippen molar-refractivity contribution in [3.05, 3.63) is 82.7 Å². The summed E-state index contributed by atoms with van der Waals surface area (Å²) in [5.74, 6) is 0.115. The topological polar surface area (TPSA) is 68.0 Å². The third-order valence-electron chi connectivity index (χ3n) is 6.32. The lowest BCUT2D eigenvalue weighted by Gasteiger charge is -2.27. The third kappa shape index (κ3) is 3.50. The van der Waals surface area contributed by atoms with Crippen LogP contribution in [0, 0.1) is 5.92 Å². The van der Waals surface area contributed by atoms with Crippen LogP contribution in [0.15, 0.2) is 65.8 Å². The van der Waals surface area contributed by atoms with Crippen molar-refractivity contribution in [1.29, 1.82) is 0 Å². The summed E-state index contributed by atoms with van der Waals surface area (Å²) < 4.78 is 1.68. The Morgan fingerprint density at radius 2 is 1.77 bits per heavy atom. The minimum absolute atomic E-state index is 0.0363. The number of fused-ring (bicyclic) bond motifs is 3. The molecule has 0 saturated heterocycles. The van der Waals surface area contributed by atoms with Gasteiger partial charge >= 0.3 is 0 Å². The van der Waals surface area contributed by atoms with Crippen LogP contribution in [0.4, 0.5) is 0 Å². The summed E-state index contributed by atoms with van der Waals surface area (Å²) in [6.45, 7) is 0.519. The predicted molar refractivity (Wildman–Crippen MR) is 119 cm³/mol. The molecular formula is C25H25N3O2. The number of benzene rings is 2. The summed E-state index contributed by atoms with van der Waals surface area (Å²) in [7, 11) is 0. The van der Waals surface area contributed by atoms with Gasteiger partial charge in [-0.3, -0.25) is 14.3 Å². The van der Waals surface area contributed by atoms with E-state index in [-0.39, 0.29) is 17.6 Å². The first-order valence-corrected chi connectivity index (χ1v) is 10.7. The molecule has 5 rings (SSSR count). The molecule has 30 heavy (non-hydrogen) atoms. The van der Waals surface area contributed by atoms with E-state index >= 15 is 0 Å². The van der Waals surface area contributed by atoms with Gasteiger partial charge in [-0.05, 0) is 42.0 Å². The highest BCUT2D eigenvalue weighted by Crippen LogP contribution is 2.28. The van der Waals surface area contributed by atoms with Crippen LogP contribution in [0.2, 0.25) is 0 Å². The molecule has 0 aliphatic heterocycles. The summed E-state index contributed by atoms with van der Waals surface area (Å²) in [6.07, 6.45) is 7.71. The number of pyridine rings is 1. The zero-order valence-electron chi connectivity index (χ0n) is 16.9. The lowest BCUT2D eigenvalue weighted by atomic mass is 9.86. The van der Waals surface area contributed by atoms with Gasteiger partial charge in [-0.25, -0.2) is 4.98 Å². The van der Waals surface area contributed by atoms with Crippen LogP contribution < -0.4 is 5.56 Å². The molecule has 5 nitrogen and oxygen atoms in total. The quantitative estimate of drug-likeness (QED) is 0.525. The average molecular weight is 399 g/mol. The van der Waals surface area contributed by atoms with E-state index in [1.54, 1.807) is 17.1 Å². The fraction of sp³-hybridized carbons (Fsp3) is 0.320. The molecule has 0 bridgehead atoms. The van der Waals surface area contributed by atoms with E-state index in [1.807, 2.05) is 42.5 Å². The molecule has 1 fully saturated rings. The molecule has 5 heteroatoms. The van der Waals surface area contributed by atoms with E-state index in [2.05, 4.69) is 16.0 Å². The normalized spacial score (nSPS) is 19.4. The van der Waals surface area contributed by atoms with Crippen LogP contribution in [-0.2, 0) is 13.0 Å². The van der Waals surface area contributed by atoms with Crippen molar-refractivity contribution >= 4 is 21.7 Å². The number of rotatable bonds is 4. The molecule has 0 amide bonds. The van der Waals surface area contributed by atoms with Crippen LogP contribution in [0.1, 0.15) is 36.9 Å². The van der Waals surface area contributed by atoms with E-state index in [0.29, 0.717) is 18.4 Å². The first kappa shape index (κ1) is 18.9. The molecule has 2 aromatic carbocycles. The Labute approximate surface area is 175 Å². The largest absolute Gasteiger partial charge is 0.393 e. The van der Waals surface area contributed by atoms with Crippen molar-refractivity contribution in [3.63, 3.8) is 0 Å². The molecule has 1 saturated carbocycles. The van der Waals surface area contributed by atoms with Gasteiger partial charge in [0, 0.05) is 36.2 Å². The molecule has 0 unspecified atom stereocenters. The third-order valence-corrected chi connectivity index (χ3v) is 6.32. The Kier molecular flexibility index (Phi) is 5.05. The summed E-state index contributed by atoms with van der Waals surface area (Å²) in [5.41, 5.74) is 2.74. The Morgan fingerprint density at radius 1 is 0.967 bits per heavy atom. The number of hydrogen-bond donors (Lipinski definition) is 1. The highest BCUT2D eigenvalue weighted by Gasteiger charge is 2.24. The maximum atomic E-state index is 13.4. The molecule has 4 aromatic rings. The second-order valence-electron chi connectivity index (χ2n) is 8.29. The number of aliphatic hydroxyl groups excluding tert-OH is 1. The van der Waals surface area contributed by atoms with Gasteiger partial charge in [-0.15, -0.1) is 0 Å². The molecule has 1 aliphatic rings. The molecule has 2 aromatic heterocycles. The van der Waals surface area contributed by atoms with Crippen molar-refractivity contribution in [2.24, 2.45) is 5.92 Å².